The highest BCUT2D eigenvalue weighted by Gasteiger charge is 2.35. The molecule has 1 aromatic heterocycles. The maximum absolute atomic E-state index is 2.44. The number of thiophene rings is 1. The van der Waals surface area contributed by atoms with E-state index in [1.807, 2.05) is 11.3 Å². The maximum Gasteiger partial charge on any atom is 0.0546 e. The second-order valence-corrected chi connectivity index (χ2v) is 14.0. The van der Waals surface area contributed by atoms with Crippen LogP contribution < -0.4 is 4.90 Å². The maximum atomic E-state index is 2.44. The van der Waals surface area contributed by atoms with Crippen LogP contribution in [0.4, 0.5) is 17.1 Å². The topological polar surface area (TPSA) is 3.24 Å². The van der Waals surface area contributed by atoms with Gasteiger partial charge in [-0.25, -0.2) is 0 Å². The van der Waals surface area contributed by atoms with Crippen LogP contribution in [0, 0.1) is 0 Å². The second kappa shape index (κ2) is 10.8. The van der Waals surface area contributed by atoms with Gasteiger partial charge in [0.15, 0.2) is 0 Å². The summed E-state index contributed by atoms with van der Waals surface area (Å²) < 4.78 is 2.61. The van der Waals surface area contributed by atoms with E-state index in [4.69, 9.17) is 0 Å². The van der Waals surface area contributed by atoms with Gasteiger partial charge in [-0.1, -0.05) is 135 Å². The molecule has 0 fully saturated rings. The van der Waals surface area contributed by atoms with Gasteiger partial charge in [0.25, 0.3) is 0 Å². The first-order valence-corrected chi connectivity index (χ1v) is 17.1. The smallest absolute Gasteiger partial charge is 0.0546 e. The zero-order valence-corrected chi connectivity index (χ0v) is 27.3. The fraction of sp³-hybridized carbons (Fsp3) is 0.0667. The summed E-state index contributed by atoms with van der Waals surface area (Å²) in [6.07, 6.45) is 0. The highest BCUT2D eigenvalue weighted by molar-refractivity contribution is 7.25. The lowest BCUT2D eigenvalue weighted by Crippen LogP contribution is -2.14. The molecule has 0 radical (unpaired) electrons. The molecular weight excluding hydrogens is 587 g/mol. The summed E-state index contributed by atoms with van der Waals surface area (Å²) in [6, 6.07) is 60.1. The van der Waals surface area contributed by atoms with Gasteiger partial charge in [0.05, 0.1) is 5.69 Å². The summed E-state index contributed by atoms with van der Waals surface area (Å²) in [5.41, 5.74) is 13.7. The van der Waals surface area contributed by atoms with Crippen molar-refractivity contribution < 1.29 is 0 Å². The molecule has 0 aliphatic heterocycles. The van der Waals surface area contributed by atoms with Crippen molar-refractivity contribution in [1.29, 1.82) is 0 Å². The number of fused-ring (bicyclic) bond motifs is 6. The molecule has 1 nitrogen and oxygen atoms in total. The molecule has 0 atom stereocenters. The zero-order valence-electron chi connectivity index (χ0n) is 26.4. The Morgan fingerprint density at radius 1 is 0.447 bits per heavy atom. The highest BCUT2D eigenvalue weighted by atomic mass is 32.1. The van der Waals surface area contributed by atoms with Crippen LogP contribution in [0.15, 0.2) is 164 Å². The van der Waals surface area contributed by atoms with E-state index in [0.717, 1.165) is 17.1 Å². The van der Waals surface area contributed by atoms with Crippen LogP contribution in [0.2, 0.25) is 0 Å². The zero-order chi connectivity index (χ0) is 31.5. The van der Waals surface area contributed by atoms with Crippen molar-refractivity contribution in [2.45, 2.75) is 19.3 Å². The van der Waals surface area contributed by atoms with E-state index in [2.05, 4.69) is 183 Å². The first-order chi connectivity index (χ1) is 23.1. The van der Waals surface area contributed by atoms with Crippen molar-refractivity contribution in [2.24, 2.45) is 0 Å². The van der Waals surface area contributed by atoms with Crippen molar-refractivity contribution in [1.82, 2.24) is 0 Å². The third-order valence-electron chi connectivity index (χ3n) is 9.88. The van der Waals surface area contributed by atoms with Gasteiger partial charge in [0, 0.05) is 42.5 Å². The first-order valence-electron chi connectivity index (χ1n) is 16.3. The van der Waals surface area contributed by atoms with Crippen LogP contribution in [0.3, 0.4) is 0 Å². The van der Waals surface area contributed by atoms with Crippen LogP contribution in [0.1, 0.15) is 25.0 Å². The third kappa shape index (κ3) is 4.44. The minimum absolute atomic E-state index is 0.0397. The Bertz CT molecular complexity index is 2440. The minimum Gasteiger partial charge on any atom is -0.310 e. The van der Waals surface area contributed by atoms with Crippen LogP contribution in [0.5, 0.6) is 0 Å². The van der Waals surface area contributed by atoms with Crippen LogP contribution in [0.25, 0.3) is 53.6 Å². The van der Waals surface area contributed by atoms with E-state index < -0.39 is 0 Å². The number of rotatable bonds is 5. The van der Waals surface area contributed by atoms with E-state index in [9.17, 15) is 0 Å². The minimum atomic E-state index is -0.0397. The monoisotopic (exact) mass is 619 g/mol. The standard InChI is InChI=1S/C45H33NS/c1-45(2)39-21-11-9-18-35(39)38-28-31(24-27-40(38)45)44-34(30-14-5-3-6-15-30)20-13-22-41(44)46(32-16-7-4-8-17-32)33-25-26-37-36-19-10-12-23-42(36)47-43(37)29-33/h3-29H,1-2H3. The van der Waals surface area contributed by atoms with Gasteiger partial charge < -0.3 is 4.90 Å². The Hall–Kier alpha value is -5.44. The van der Waals surface area contributed by atoms with E-state index in [0.29, 0.717) is 0 Å². The molecule has 0 N–H and O–H groups in total. The molecule has 0 saturated heterocycles. The van der Waals surface area contributed by atoms with E-state index in [-0.39, 0.29) is 5.41 Å². The summed E-state index contributed by atoms with van der Waals surface area (Å²) >= 11 is 1.86. The van der Waals surface area contributed by atoms with E-state index >= 15 is 0 Å². The normalized spacial score (nSPS) is 13.1. The molecule has 7 aromatic carbocycles. The molecule has 0 bridgehead atoms. The van der Waals surface area contributed by atoms with Gasteiger partial charge >= 0.3 is 0 Å². The number of hydrogen-bond acceptors (Lipinski definition) is 2. The van der Waals surface area contributed by atoms with Crippen molar-refractivity contribution in [3.8, 4) is 33.4 Å². The largest absolute Gasteiger partial charge is 0.310 e. The predicted molar refractivity (Wildman–Crippen MR) is 202 cm³/mol. The number of anilines is 3. The van der Waals surface area contributed by atoms with Crippen molar-refractivity contribution in [2.75, 3.05) is 4.90 Å². The van der Waals surface area contributed by atoms with E-state index in [1.54, 1.807) is 0 Å². The van der Waals surface area contributed by atoms with Gasteiger partial charge in [0.1, 0.15) is 0 Å². The molecule has 47 heavy (non-hydrogen) atoms. The van der Waals surface area contributed by atoms with Crippen LogP contribution in [-0.2, 0) is 5.41 Å². The Morgan fingerprint density at radius 2 is 1.13 bits per heavy atom. The van der Waals surface area contributed by atoms with Gasteiger partial charge in [-0.05, 0) is 81.4 Å². The molecule has 1 aliphatic rings. The molecule has 0 amide bonds. The van der Waals surface area contributed by atoms with Crippen LogP contribution in [-0.4, -0.2) is 0 Å². The lowest BCUT2D eigenvalue weighted by atomic mass is 9.82. The van der Waals surface area contributed by atoms with Gasteiger partial charge in [0.2, 0.25) is 0 Å². The number of para-hydroxylation sites is 1. The molecule has 1 aliphatic carbocycles. The molecule has 0 spiro atoms. The number of hydrogen-bond donors (Lipinski definition) is 0. The van der Waals surface area contributed by atoms with Crippen LogP contribution >= 0.6 is 11.3 Å². The lowest BCUT2D eigenvalue weighted by molar-refractivity contribution is 0.660. The average Bonchev–Trinajstić information content (AvgIpc) is 3.60. The summed E-state index contributed by atoms with van der Waals surface area (Å²) in [4.78, 5) is 2.44. The van der Waals surface area contributed by atoms with E-state index in [1.165, 1.54) is 64.7 Å². The molecular formula is C45H33NS. The predicted octanol–water partition coefficient (Wildman–Crippen LogP) is 13.2. The quantitative estimate of drug-likeness (QED) is 0.185. The van der Waals surface area contributed by atoms with Gasteiger partial charge in [-0.2, -0.15) is 0 Å². The molecule has 1 heterocycles. The second-order valence-electron chi connectivity index (χ2n) is 12.9. The van der Waals surface area contributed by atoms with Crippen molar-refractivity contribution >= 4 is 48.6 Å². The summed E-state index contributed by atoms with van der Waals surface area (Å²) in [5.74, 6) is 0. The van der Waals surface area contributed by atoms with Gasteiger partial charge in [-0.15, -0.1) is 11.3 Å². The summed E-state index contributed by atoms with van der Waals surface area (Å²) in [7, 11) is 0. The third-order valence-corrected chi connectivity index (χ3v) is 11.0. The number of benzene rings is 7. The summed E-state index contributed by atoms with van der Waals surface area (Å²) in [6.45, 7) is 4.70. The summed E-state index contributed by atoms with van der Waals surface area (Å²) in [5, 5.41) is 2.62. The molecule has 0 saturated carbocycles. The Kier molecular flexibility index (Phi) is 6.41. The molecule has 9 rings (SSSR count). The Morgan fingerprint density at radius 3 is 1.98 bits per heavy atom. The van der Waals surface area contributed by atoms with Crippen molar-refractivity contribution in [3.63, 3.8) is 0 Å². The number of nitrogens with zero attached hydrogens (tertiary/aromatic N) is 1. The van der Waals surface area contributed by atoms with Gasteiger partial charge in [-0.3, -0.25) is 0 Å². The first kappa shape index (κ1) is 27.8. The highest BCUT2D eigenvalue weighted by Crippen LogP contribution is 2.52. The van der Waals surface area contributed by atoms with Crippen molar-refractivity contribution in [3.05, 3.63) is 175 Å². The molecule has 2 heteroatoms. The lowest BCUT2D eigenvalue weighted by Gasteiger charge is -2.29. The Labute approximate surface area is 280 Å². The fourth-order valence-corrected chi connectivity index (χ4v) is 8.76. The fourth-order valence-electron chi connectivity index (χ4n) is 7.62. The molecule has 0 unspecified atom stereocenters. The SMILES string of the molecule is CC1(C)c2ccccc2-c2cc(-c3c(-c4ccccc4)cccc3N(c3ccccc3)c3ccc4c(c3)sc3ccccc34)ccc21. The average molecular weight is 620 g/mol. The molecule has 224 valence electrons. The Balaban J connectivity index is 1.32. The molecule has 8 aromatic rings.